The summed E-state index contributed by atoms with van der Waals surface area (Å²) in [4.78, 5) is 36.9. The Bertz CT molecular complexity index is 835. The molecule has 0 heterocycles. The molecule has 1 N–H and O–H groups in total. The van der Waals surface area contributed by atoms with Gasteiger partial charge in [-0.15, -0.1) is 0 Å². The van der Waals surface area contributed by atoms with Gasteiger partial charge in [-0.25, -0.2) is 0 Å². The smallest absolute Gasteiger partial charge is 0.226 e. The number of nitrogens with one attached hydrogen (secondary N) is 1. The summed E-state index contributed by atoms with van der Waals surface area (Å²) in [5.41, 5.74) is 1.60. The summed E-state index contributed by atoms with van der Waals surface area (Å²) in [6.45, 7) is 3.09. The van der Waals surface area contributed by atoms with E-state index in [4.69, 9.17) is 23.2 Å². The van der Waals surface area contributed by atoms with Gasteiger partial charge in [0.05, 0.1) is 10.7 Å². The fourth-order valence-corrected chi connectivity index (χ4v) is 2.70. The summed E-state index contributed by atoms with van der Waals surface area (Å²) in [6, 6.07) is 11.5. The van der Waals surface area contributed by atoms with Crippen LogP contribution in [0.15, 0.2) is 42.5 Å². The Morgan fingerprint density at radius 2 is 1.65 bits per heavy atom. The van der Waals surface area contributed by atoms with Crippen molar-refractivity contribution < 1.29 is 14.4 Å². The second-order valence-electron chi connectivity index (χ2n) is 5.70. The van der Waals surface area contributed by atoms with E-state index >= 15 is 0 Å². The molecule has 0 aliphatic heterocycles. The summed E-state index contributed by atoms with van der Waals surface area (Å²) in [6.07, 6.45) is 0.0802. The molecule has 2 aromatic carbocycles. The van der Waals surface area contributed by atoms with Gasteiger partial charge in [-0.05, 0) is 49.4 Å². The molecule has 0 atom stereocenters. The van der Waals surface area contributed by atoms with Gasteiger partial charge in [-0.1, -0.05) is 23.2 Å². The lowest BCUT2D eigenvalue weighted by atomic mass is 10.1. The number of carbonyl (C=O) groups is 3. The van der Waals surface area contributed by atoms with Gasteiger partial charge in [0.25, 0.3) is 0 Å². The fourth-order valence-electron chi connectivity index (χ4n) is 2.36. The van der Waals surface area contributed by atoms with E-state index in [1.165, 1.54) is 18.7 Å². The van der Waals surface area contributed by atoms with Crippen molar-refractivity contribution in [3.8, 4) is 0 Å². The van der Waals surface area contributed by atoms with Crippen molar-refractivity contribution in [1.29, 1.82) is 0 Å². The summed E-state index contributed by atoms with van der Waals surface area (Å²) < 4.78 is 0. The van der Waals surface area contributed by atoms with Gasteiger partial charge >= 0.3 is 0 Å². The van der Waals surface area contributed by atoms with Crippen LogP contribution < -0.4 is 10.2 Å². The van der Waals surface area contributed by atoms with E-state index in [0.717, 1.165) is 0 Å². The Kier molecular flexibility index (Phi) is 6.77. The number of benzene rings is 2. The van der Waals surface area contributed by atoms with Crippen molar-refractivity contribution in [2.45, 2.75) is 20.3 Å². The van der Waals surface area contributed by atoms with Crippen LogP contribution in [0, 0.1) is 0 Å². The number of carbonyl (C=O) groups excluding carboxylic acids is 3. The monoisotopic (exact) mass is 392 g/mol. The number of rotatable bonds is 6. The lowest BCUT2D eigenvalue weighted by molar-refractivity contribution is -0.117. The average molecular weight is 393 g/mol. The number of hydrogen-bond donors (Lipinski definition) is 1. The Hall–Kier alpha value is -2.37. The van der Waals surface area contributed by atoms with Crippen molar-refractivity contribution in [3.05, 3.63) is 58.1 Å². The highest BCUT2D eigenvalue weighted by Gasteiger charge is 2.15. The standard InChI is InChI=1S/C19H18Cl2N2O3/c1-12(24)14-3-6-16(7-4-14)23(13(2)25)10-9-19(26)22-18-11-15(20)5-8-17(18)21/h3-8,11H,9-10H2,1-2H3,(H,22,26). The van der Waals surface area contributed by atoms with Gasteiger partial charge in [0.15, 0.2) is 5.78 Å². The minimum atomic E-state index is -0.291. The van der Waals surface area contributed by atoms with Gasteiger partial charge in [0.2, 0.25) is 11.8 Å². The zero-order valence-electron chi connectivity index (χ0n) is 14.4. The molecule has 2 rings (SSSR count). The molecule has 0 aromatic heterocycles. The number of ketones is 1. The van der Waals surface area contributed by atoms with Crippen molar-refractivity contribution in [2.24, 2.45) is 0 Å². The normalized spacial score (nSPS) is 10.3. The molecule has 2 aromatic rings. The summed E-state index contributed by atoms with van der Waals surface area (Å²) in [7, 11) is 0. The topological polar surface area (TPSA) is 66.5 Å². The molecular weight excluding hydrogens is 375 g/mol. The van der Waals surface area contributed by atoms with Crippen LogP contribution in [0.4, 0.5) is 11.4 Å². The molecule has 136 valence electrons. The maximum atomic E-state index is 12.2. The number of anilines is 2. The highest BCUT2D eigenvalue weighted by Crippen LogP contribution is 2.25. The molecule has 0 radical (unpaired) electrons. The number of halogens is 2. The van der Waals surface area contributed by atoms with Crippen LogP contribution in [0.3, 0.4) is 0 Å². The first-order valence-electron chi connectivity index (χ1n) is 7.92. The highest BCUT2D eigenvalue weighted by atomic mass is 35.5. The SMILES string of the molecule is CC(=O)c1ccc(N(CCC(=O)Nc2cc(Cl)ccc2Cl)C(C)=O)cc1. The minimum absolute atomic E-state index is 0.0521. The van der Waals surface area contributed by atoms with E-state index in [9.17, 15) is 14.4 Å². The molecule has 5 nitrogen and oxygen atoms in total. The lowest BCUT2D eigenvalue weighted by Crippen LogP contribution is -2.32. The molecule has 0 fully saturated rings. The Labute approximate surface area is 161 Å². The zero-order chi connectivity index (χ0) is 19.3. The van der Waals surface area contributed by atoms with Crippen LogP contribution in [0.5, 0.6) is 0 Å². The third-order valence-corrected chi connectivity index (χ3v) is 4.30. The minimum Gasteiger partial charge on any atom is -0.325 e. The molecule has 0 saturated carbocycles. The molecule has 0 spiro atoms. The Morgan fingerprint density at radius 1 is 1.00 bits per heavy atom. The summed E-state index contributed by atoms with van der Waals surface area (Å²) in [5, 5.41) is 3.52. The van der Waals surface area contributed by atoms with E-state index in [0.29, 0.717) is 27.0 Å². The maximum Gasteiger partial charge on any atom is 0.226 e. The zero-order valence-corrected chi connectivity index (χ0v) is 15.9. The molecular formula is C19H18Cl2N2O3. The third kappa shape index (κ3) is 5.31. The second kappa shape index (κ2) is 8.83. The molecule has 0 aliphatic rings. The first kappa shape index (κ1) is 19.9. The van der Waals surface area contributed by atoms with Crippen LogP contribution in [-0.2, 0) is 9.59 Å². The van der Waals surface area contributed by atoms with Crippen molar-refractivity contribution >= 4 is 52.2 Å². The quantitative estimate of drug-likeness (QED) is 0.731. The second-order valence-corrected chi connectivity index (χ2v) is 6.54. The van der Waals surface area contributed by atoms with Crippen LogP contribution in [-0.4, -0.2) is 24.1 Å². The maximum absolute atomic E-state index is 12.2. The van der Waals surface area contributed by atoms with E-state index in [1.54, 1.807) is 42.5 Å². The number of amides is 2. The van der Waals surface area contributed by atoms with Crippen LogP contribution in [0.1, 0.15) is 30.6 Å². The van der Waals surface area contributed by atoms with Crippen LogP contribution in [0.25, 0.3) is 0 Å². The van der Waals surface area contributed by atoms with Gasteiger partial charge in [0.1, 0.15) is 0 Å². The first-order valence-corrected chi connectivity index (χ1v) is 8.67. The Morgan fingerprint density at radius 3 is 2.23 bits per heavy atom. The average Bonchev–Trinajstić information content (AvgIpc) is 2.58. The molecule has 0 aliphatic carbocycles. The van der Waals surface area contributed by atoms with Crippen molar-refractivity contribution in [3.63, 3.8) is 0 Å². The van der Waals surface area contributed by atoms with Gasteiger partial charge in [-0.3, -0.25) is 14.4 Å². The lowest BCUT2D eigenvalue weighted by Gasteiger charge is -2.21. The largest absolute Gasteiger partial charge is 0.325 e. The predicted molar refractivity (Wildman–Crippen MR) is 104 cm³/mol. The van der Waals surface area contributed by atoms with Crippen molar-refractivity contribution in [2.75, 3.05) is 16.8 Å². The summed E-state index contributed by atoms with van der Waals surface area (Å²) >= 11 is 11.9. The van der Waals surface area contributed by atoms with E-state index in [1.807, 2.05) is 0 Å². The molecule has 26 heavy (non-hydrogen) atoms. The fraction of sp³-hybridized carbons (Fsp3) is 0.211. The van der Waals surface area contributed by atoms with Crippen LogP contribution in [0.2, 0.25) is 10.0 Å². The molecule has 0 saturated heterocycles. The Balaban J connectivity index is 2.04. The number of Topliss-reactive ketones (excluding diaryl/α,β-unsaturated/α-hetero) is 1. The van der Waals surface area contributed by atoms with Crippen molar-refractivity contribution in [1.82, 2.24) is 0 Å². The van der Waals surface area contributed by atoms with Crippen LogP contribution >= 0.6 is 23.2 Å². The number of nitrogens with zero attached hydrogens (tertiary/aromatic N) is 1. The van der Waals surface area contributed by atoms with E-state index in [2.05, 4.69) is 5.32 Å². The molecule has 2 amide bonds. The first-order chi connectivity index (χ1) is 12.3. The predicted octanol–water partition coefficient (Wildman–Crippen LogP) is 4.58. The van der Waals surface area contributed by atoms with E-state index < -0.39 is 0 Å². The third-order valence-electron chi connectivity index (χ3n) is 3.73. The molecule has 0 bridgehead atoms. The van der Waals surface area contributed by atoms with Gasteiger partial charge in [-0.2, -0.15) is 0 Å². The van der Waals surface area contributed by atoms with E-state index in [-0.39, 0.29) is 30.6 Å². The number of hydrogen-bond acceptors (Lipinski definition) is 3. The highest BCUT2D eigenvalue weighted by molar-refractivity contribution is 6.35. The molecule has 7 heteroatoms. The molecule has 0 unspecified atom stereocenters. The summed E-state index contributed by atoms with van der Waals surface area (Å²) in [5.74, 6) is -0.543. The van der Waals surface area contributed by atoms with Gasteiger partial charge < -0.3 is 10.2 Å². The van der Waals surface area contributed by atoms with Gasteiger partial charge in [0, 0.05) is 36.2 Å².